The number of aliphatic imine (C=N–C) groups is 1. The average molecular weight is 259 g/mol. The second kappa shape index (κ2) is 9.55. The lowest BCUT2D eigenvalue weighted by Crippen LogP contribution is -2.33. The highest BCUT2D eigenvalue weighted by atomic mass is 16.5. The summed E-state index contributed by atoms with van der Waals surface area (Å²) in [5.41, 5.74) is 7.53. The van der Waals surface area contributed by atoms with E-state index in [9.17, 15) is 9.59 Å². The molecular formula is C11H21N3O4. The van der Waals surface area contributed by atoms with Crippen LogP contribution in [0.5, 0.6) is 0 Å². The first-order chi connectivity index (χ1) is 8.47. The van der Waals surface area contributed by atoms with Crippen LogP contribution >= 0.6 is 0 Å². The largest absolute Gasteiger partial charge is 0.457 e. The Morgan fingerprint density at radius 2 is 2.06 bits per heavy atom. The maximum absolute atomic E-state index is 11.3. The summed E-state index contributed by atoms with van der Waals surface area (Å²) in [6.07, 6.45) is 1.96. The molecule has 0 heterocycles. The number of nitrogens with one attached hydrogen (secondary N) is 1. The van der Waals surface area contributed by atoms with Crippen LogP contribution in [0.4, 0.5) is 0 Å². The molecule has 0 unspecified atom stereocenters. The Labute approximate surface area is 106 Å². The molecule has 0 aromatic heterocycles. The predicted octanol–water partition coefficient (Wildman–Crippen LogP) is 0.0134. The van der Waals surface area contributed by atoms with Gasteiger partial charge in [-0.3, -0.25) is 25.3 Å². The molecule has 0 aliphatic heterocycles. The maximum atomic E-state index is 11.3. The third kappa shape index (κ3) is 8.66. The van der Waals surface area contributed by atoms with Crippen LogP contribution in [0.1, 0.15) is 33.1 Å². The molecule has 0 aromatic rings. The van der Waals surface area contributed by atoms with Gasteiger partial charge in [0.1, 0.15) is 18.5 Å². The Balaban J connectivity index is 3.67. The SMILES string of the molecule is CC(=O)COC(=O)[C@@H](N)CCCCN=C(C)NO. The first-order valence-corrected chi connectivity index (χ1v) is 5.80. The summed E-state index contributed by atoms with van der Waals surface area (Å²) in [5, 5.41) is 8.47. The van der Waals surface area contributed by atoms with Crippen molar-refractivity contribution in [3.05, 3.63) is 0 Å². The van der Waals surface area contributed by atoms with Crippen LogP contribution in [0, 0.1) is 0 Å². The van der Waals surface area contributed by atoms with Crippen LogP contribution in [0.15, 0.2) is 4.99 Å². The number of Topliss-reactive ketones (excluding diaryl/α,β-unsaturated/α-hetero) is 1. The van der Waals surface area contributed by atoms with E-state index < -0.39 is 12.0 Å². The highest BCUT2D eigenvalue weighted by Crippen LogP contribution is 2.01. The van der Waals surface area contributed by atoms with Crippen molar-refractivity contribution in [2.45, 2.75) is 39.2 Å². The zero-order valence-electron chi connectivity index (χ0n) is 10.8. The summed E-state index contributed by atoms with van der Waals surface area (Å²) in [6, 6.07) is -0.703. The topological polar surface area (TPSA) is 114 Å². The number of nitrogens with two attached hydrogens (primary N) is 1. The number of rotatable bonds is 8. The fourth-order valence-electron chi connectivity index (χ4n) is 1.16. The lowest BCUT2D eigenvalue weighted by atomic mass is 10.1. The Hall–Kier alpha value is -1.47. The van der Waals surface area contributed by atoms with E-state index in [0.29, 0.717) is 18.8 Å². The minimum atomic E-state index is -0.703. The molecule has 0 bridgehead atoms. The molecule has 0 aromatic carbocycles. The van der Waals surface area contributed by atoms with E-state index in [1.807, 2.05) is 5.48 Å². The van der Waals surface area contributed by atoms with Gasteiger partial charge in [-0.2, -0.15) is 0 Å². The number of carbonyl (C=O) groups is 2. The fraction of sp³-hybridized carbons (Fsp3) is 0.727. The van der Waals surface area contributed by atoms with Crippen molar-refractivity contribution in [2.24, 2.45) is 10.7 Å². The molecule has 0 saturated heterocycles. The van der Waals surface area contributed by atoms with E-state index in [4.69, 9.17) is 15.7 Å². The number of amidine groups is 1. The molecule has 0 spiro atoms. The van der Waals surface area contributed by atoms with Crippen molar-refractivity contribution in [1.82, 2.24) is 5.48 Å². The number of esters is 1. The molecule has 0 rings (SSSR count). The molecule has 7 heteroatoms. The number of hydrogen-bond donors (Lipinski definition) is 3. The van der Waals surface area contributed by atoms with Crippen molar-refractivity contribution in [2.75, 3.05) is 13.2 Å². The Kier molecular flexibility index (Phi) is 8.77. The minimum Gasteiger partial charge on any atom is -0.457 e. The van der Waals surface area contributed by atoms with Gasteiger partial charge in [-0.25, -0.2) is 0 Å². The Morgan fingerprint density at radius 1 is 1.39 bits per heavy atom. The normalized spacial score (nSPS) is 13.0. The van der Waals surface area contributed by atoms with E-state index in [-0.39, 0.29) is 12.4 Å². The predicted molar refractivity (Wildman–Crippen MR) is 66.4 cm³/mol. The monoisotopic (exact) mass is 259 g/mol. The summed E-state index contributed by atoms with van der Waals surface area (Å²) in [5.74, 6) is -0.320. The number of hydrogen-bond acceptors (Lipinski definition) is 6. The molecule has 0 saturated carbocycles. The van der Waals surface area contributed by atoms with Crippen molar-refractivity contribution in [3.63, 3.8) is 0 Å². The first-order valence-electron chi connectivity index (χ1n) is 5.80. The van der Waals surface area contributed by atoms with Gasteiger partial charge < -0.3 is 10.5 Å². The minimum absolute atomic E-state index is 0.211. The van der Waals surface area contributed by atoms with Gasteiger partial charge in [0, 0.05) is 6.54 Å². The number of ether oxygens (including phenoxy) is 1. The van der Waals surface area contributed by atoms with Crippen LogP contribution in [0.2, 0.25) is 0 Å². The highest BCUT2D eigenvalue weighted by molar-refractivity contribution is 5.82. The van der Waals surface area contributed by atoms with Crippen molar-refractivity contribution in [1.29, 1.82) is 0 Å². The van der Waals surface area contributed by atoms with Gasteiger partial charge in [-0.05, 0) is 33.1 Å². The molecule has 0 amide bonds. The van der Waals surface area contributed by atoms with Gasteiger partial charge in [0.05, 0.1) is 0 Å². The van der Waals surface area contributed by atoms with Crippen molar-refractivity contribution in [3.8, 4) is 0 Å². The molecule has 0 fully saturated rings. The molecule has 0 aliphatic carbocycles. The number of ketones is 1. The lowest BCUT2D eigenvalue weighted by Gasteiger charge is -2.09. The summed E-state index contributed by atoms with van der Waals surface area (Å²) in [6.45, 7) is 3.31. The van der Waals surface area contributed by atoms with Gasteiger partial charge in [-0.1, -0.05) is 0 Å². The van der Waals surface area contributed by atoms with Crippen LogP contribution < -0.4 is 11.2 Å². The smallest absolute Gasteiger partial charge is 0.323 e. The standard InChI is InChI=1S/C11H21N3O4/c1-8(15)7-18-11(16)10(12)5-3-4-6-13-9(2)14-17/h10,17H,3-7,12H2,1-2H3,(H,13,14)/t10-/m0/s1. The van der Waals surface area contributed by atoms with E-state index in [1.54, 1.807) is 6.92 Å². The summed E-state index contributed by atoms with van der Waals surface area (Å²) >= 11 is 0. The molecule has 7 nitrogen and oxygen atoms in total. The third-order valence-corrected chi connectivity index (χ3v) is 2.15. The van der Waals surface area contributed by atoms with E-state index in [0.717, 1.165) is 12.8 Å². The van der Waals surface area contributed by atoms with Gasteiger partial charge >= 0.3 is 5.97 Å². The number of unbranched alkanes of at least 4 members (excludes halogenated alkanes) is 1. The first kappa shape index (κ1) is 16.5. The van der Waals surface area contributed by atoms with Crippen LogP contribution in [0.25, 0.3) is 0 Å². The second-order valence-corrected chi connectivity index (χ2v) is 3.99. The summed E-state index contributed by atoms with van der Waals surface area (Å²) in [4.78, 5) is 25.9. The molecular weight excluding hydrogens is 238 g/mol. The van der Waals surface area contributed by atoms with Crippen molar-refractivity contribution >= 4 is 17.6 Å². The van der Waals surface area contributed by atoms with E-state index in [1.165, 1.54) is 6.92 Å². The molecule has 18 heavy (non-hydrogen) atoms. The number of hydroxylamine groups is 1. The number of nitrogens with zero attached hydrogens (tertiary/aromatic N) is 1. The Morgan fingerprint density at radius 3 is 2.61 bits per heavy atom. The average Bonchev–Trinajstić information content (AvgIpc) is 2.34. The van der Waals surface area contributed by atoms with Crippen molar-refractivity contribution < 1.29 is 19.5 Å². The third-order valence-electron chi connectivity index (χ3n) is 2.15. The number of carbonyl (C=O) groups excluding carboxylic acids is 2. The van der Waals surface area contributed by atoms with Gasteiger partial charge in [0.25, 0.3) is 0 Å². The molecule has 104 valence electrons. The van der Waals surface area contributed by atoms with Crippen LogP contribution in [-0.2, 0) is 14.3 Å². The summed E-state index contributed by atoms with van der Waals surface area (Å²) in [7, 11) is 0. The van der Waals surface area contributed by atoms with E-state index >= 15 is 0 Å². The van der Waals surface area contributed by atoms with Crippen LogP contribution in [-0.4, -0.2) is 42.0 Å². The fourth-order valence-corrected chi connectivity index (χ4v) is 1.16. The Bertz CT molecular complexity index is 305. The maximum Gasteiger partial charge on any atom is 0.323 e. The molecule has 0 aliphatic rings. The highest BCUT2D eigenvalue weighted by Gasteiger charge is 2.14. The van der Waals surface area contributed by atoms with Gasteiger partial charge in [0.2, 0.25) is 0 Å². The zero-order chi connectivity index (χ0) is 14.0. The van der Waals surface area contributed by atoms with Crippen LogP contribution in [0.3, 0.4) is 0 Å². The second-order valence-electron chi connectivity index (χ2n) is 3.99. The van der Waals surface area contributed by atoms with Gasteiger partial charge in [-0.15, -0.1) is 0 Å². The van der Waals surface area contributed by atoms with Gasteiger partial charge in [0.15, 0.2) is 5.78 Å². The quantitative estimate of drug-likeness (QED) is 0.186. The molecule has 0 radical (unpaired) electrons. The zero-order valence-corrected chi connectivity index (χ0v) is 10.8. The molecule has 4 N–H and O–H groups in total. The van der Waals surface area contributed by atoms with E-state index in [2.05, 4.69) is 4.99 Å². The lowest BCUT2D eigenvalue weighted by molar-refractivity contribution is -0.149. The summed E-state index contributed by atoms with van der Waals surface area (Å²) < 4.78 is 4.69. The molecule has 1 atom stereocenters.